The minimum atomic E-state index is -0.519. The zero-order valence-electron chi connectivity index (χ0n) is 15.0. The Labute approximate surface area is 152 Å². The Kier molecular flexibility index (Phi) is 4.24. The number of Topliss-reactive ketones (excluding diaryl/α,β-unsaturated/α-hetero) is 1. The number of nitrogens with zero attached hydrogens (tertiary/aromatic N) is 2. The number of imidazole rings is 1. The SMILES string of the molecule is CCOc1cccn2c(C(=O)C[C@@H]3c4ccccc4C[C@H]3O)c(C)nc12. The summed E-state index contributed by atoms with van der Waals surface area (Å²) in [5.41, 5.74) is 4.12. The molecule has 4 rings (SSSR count). The smallest absolute Gasteiger partial charge is 0.182 e. The van der Waals surface area contributed by atoms with E-state index < -0.39 is 6.10 Å². The van der Waals surface area contributed by atoms with Crippen LogP contribution in [-0.4, -0.2) is 33.0 Å². The number of benzene rings is 1. The molecule has 1 N–H and O–H groups in total. The number of carbonyl (C=O) groups excluding carboxylic acids is 1. The van der Waals surface area contributed by atoms with E-state index in [0.29, 0.717) is 35.8 Å². The van der Waals surface area contributed by atoms with Gasteiger partial charge in [0.1, 0.15) is 5.69 Å². The molecule has 26 heavy (non-hydrogen) atoms. The Morgan fingerprint density at radius 1 is 1.31 bits per heavy atom. The van der Waals surface area contributed by atoms with Crippen LogP contribution >= 0.6 is 0 Å². The Balaban J connectivity index is 1.69. The van der Waals surface area contributed by atoms with Crippen LogP contribution in [0.2, 0.25) is 0 Å². The van der Waals surface area contributed by atoms with Crippen LogP contribution < -0.4 is 4.74 Å². The lowest BCUT2D eigenvalue weighted by Crippen LogP contribution is -2.18. The Hall–Kier alpha value is -2.66. The molecule has 0 saturated heterocycles. The van der Waals surface area contributed by atoms with E-state index in [2.05, 4.69) is 4.98 Å². The van der Waals surface area contributed by atoms with Gasteiger partial charge >= 0.3 is 0 Å². The van der Waals surface area contributed by atoms with Crippen molar-refractivity contribution in [3.8, 4) is 5.75 Å². The molecule has 0 saturated carbocycles. The van der Waals surface area contributed by atoms with Crippen molar-refractivity contribution in [3.05, 3.63) is 65.1 Å². The predicted octanol–water partition coefficient (Wildman–Crippen LogP) is 3.32. The number of fused-ring (bicyclic) bond motifs is 2. The molecule has 2 aromatic heterocycles. The lowest BCUT2D eigenvalue weighted by Gasteiger charge is -2.15. The van der Waals surface area contributed by atoms with Gasteiger partial charge in [-0.3, -0.25) is 9.20 Å². The van der Waals surface area contributed by atoms with Gasteiger partial charge in [0.2, 0.25) is 0 Å². The highest BCUT2D eigenvalue weighted by Crippen LogP contribution is 2.37. The van der Waals surface area contributed by atoms with Crippen LogP contribution in [0.4, 0.5) is 0 Å². The number of aryl methyl sites for hydroxylation is 1. The van der Waals surface area contributed by atoms with E-state index in [9.17, 15) is 9.90 Å². The average molecular weight is 350 g/mol. The van der Waals surface area contributed by atoms with Gasteiger partial charge in [0, 0.05) is 18.5 Å². The van der Waals surface area contributed by atoms with E-state index in [4.69, 9.17) is 4.74 Å². The van der Waals surface area contributed by atoms with E-state index in [0.717, 1.165) is 11.1 Å². The molecule has 2 heterocycles. The third-order valence-electron chi connectivity index (χ3n) is 5.11. The summed E-state index contributed by atoms with van der Waals surface area (Å²) in [4.78, 5) is 17.7. The van der Waals surface area contributed by atoms with Crippen LogP contribution in [0.15, 0.2) is 42.6 Å². The zero-order chi connectivity index (χ0) is 18.3. The second-order valence-corrected chi connectivity index (χ2v) is 6.75. The highest BCUT2D eigenvalue weighted by molar-refractivity contribution is 5.97. The van der Waals surface area contributed by atoms with E-state index >= 15 is 0 Å². The normalized spacial score (nSPS) is 18.9. The average Bonchev–Trinajstić information content (AvgIpc) is 3.12. The maximum atomic E-state index is 13.1. The second-order valence-electron chi connectivity index (χ2n) is 6.75. The fraction of sp³-hybridized carbons (Fsp3) is 0.333. The molecule has 1 aliphatic carbocycles. The molecule has 0 spiro atoms. The molecule has 2 atom stereocenters. The van der Waals surface area contributed by atoms with E-state index in [-0.39, 0.29) is 18.1 Å². The lowest BCUT2D eigenvalue weighted by molar-refractivity contribution is 0.0915. The van der Waals surface area contributed by atoms with E-state index in [1.807, 2.05) is 56.4 Å². The molecular formula is C21H22N2O3. The monoisotopic (exact) mass is 350 g/mol. The number of hydrogen-bond acceptors (Lipinski definition) is 4. The summed E-state index contributed by atoms with van der Waals surface area (Å²) in [5, 5.41) is 10.5. The Morgan fingerprint density at radius 2 is 2.12 bits per heavy atom. The predicted molar refractivity (Wildman–Crippen MR) is 98.9 cm³/mol. The summed E-state index contributed by atoms with van der Waals surface area (Å²) in [6.45, 7) is 4.30. The number of hydrogen-bond donors (Lipinski definition) is 1. The molecule has 0 unspecified atom stereocenters. The van der Waals surface area contributed by atoms with E-state index in [1.54, 1.807) is 4.40 Å². The molecule has 0 amide bonds. The summed E-state index contributed by atoms with van der Waals surface area (Å²) in [7, 11) is 0. The molecule has 3 aromatic rings. The summed E-state index contributed by atoms with van der Waals surface area (Å²) in [6.07, 6.45) is 2.19. The van der Waals surface area contributed by atoms with Crippen molar-refractivity contribution in [2.75, 3.05) is 6.61 Å². The molecule has 0 bridgehead atoms. The fourth-order valence-electron chi connectivity index (χ4n) is 3.96. The van der Waals surface area contributed by atoms with Crippen molar-refractivity contribution in [1.82, 2.24) is 9.38 Å². The fourth-order valence-corrected chi connectivity index (χ4v) is 3.96. The van der Waals surface area contributed by atoms with Crippen molar-refractivity contribution >= 4 is 11.4 Å². The molecule has 0 radical (unpaired) electrons. The minimum Gasteiger partial charge on any atom is -0.490 e. The largest absolute Gasteiger partial charge is 0.490 e. The van der Waals surface area contributed by atoms with Gasteiger partial charge in [-0.1, -0.05) is 24.3 Å². The summed E-state index contributed by atoms with van der Waals surface area (Å²) in [6, 6.07) is 11.7. The first kappa shape index (κ1) is 16.8. The minimum absolute atomic E-state index is 0.00981. The number of aliphatic hydroxyl groups excluding tert-OH is 1. The van der Waals surface area contributed by atoms with Crippen molar-refractivity contribution in [3.63, 3.8) is 0 Å². The summed E-state index contributed by atoms with van der Waals surface area (Å²) >= 11 is 0. The number of aromatic nitrogens is 2. The summed E-state index contributed by atoms with van der Waals surface area (Å²) < 4.78 is 7.43. The molecule has 1 aliphatic rings. The molecule has 1 aromatic carbocycles. The Morgan fingerprint density at radius 3 is 2.92 bits per heavy atom. The molecular weight excluding hydrogens is 328 g/mol. The third kappa shape index (κ3) is 2.69. The highest BCUT2D eigenvalue weighted by Gasteiger charge is 2.33. The maximum absolute atomic E-state index is 13.1. The van der Waals surface area contributed by atoms with Crippen LogP contribution in [0.5, 0.6) is 5.75 Å². The lowest BCUT2D eigenvalue weighted by atomic mass is 9.93. The topological polar surface area (TPSA) is 63.8 Å². The van der Waals surface area contributed by atoms with Crippen molar-refractivity contribution in [1.29, 1.82) is 0 Å². The van der Waals surface area contributed by atoms with Crippen molar-refractivity contribution < 1.29 is 14.6 Å². The summed E-state index contributed by atoms with van der Waals surface area (Å²) in [5.74, 6) is 0.492. The van der Waals surface area contributed by atoms with Crippen LogP contribution in [0, 0.1) is 6.92 Å². The molecule has 5 heteroatoms. The highest BCUT2D eigenvalue weighted by atomic mass is 16.5. The Bertz CT molecular complexity index is 977. The van der Waals surface area contributed by atoms with Gasteiger partial charge in [-0.25, -0.2) is 4.98 Å². The number of pyridine rings is 1. The molecule has 0 fully saturated rings. The van der Waals surface area contributed by atoms with Gasteiger partial charge in [0.25, 0.3) is 0 Å². The third-order valence-corrected chi connectivity index (χ3v) is 5.11. The molecule has 5 nitrogen and oxygen atoms in total. The van der Waals surface area contributed by atoms with Gasteiger partial charge in [0.05, 0.1) is 18.4 Å². The zero-order valence-corrected chi connectivity index (χ0v) is 15.0. The van der Waals surface area contributed by atoms with Crippen LogP contribution in [-0.2, 0) is 6.42 Å². The molecule has 134 valence electrons. The van der Waals surface area contributed by atoms with Crippen molar-refractivity contribution in [2.45, 2.75) is 38.7 Å². The molecule has 0 aliphatic heterocycles. The first-order chi connectivity index (χ1) is 12.6. The quantitative estimate of drug-likeness (QED) is 0.717. The van der Waals surface area contributed by atoms with Gasteiger partial charge in [-0.05, 0) is 43.5 Å². The number of aliphatic hydroxyl groups is 1. The first-order valence-corrected chi connectivity index (χ1v) is 8.99. The number of ketones is 1. The second kappa shape index (κ2) is 6.57. The van der Waals surface area contributed by atoms with Gasteiger partial charge < -0.3 is 9.84 Å². The van der Waals surface area contributed by atoms with Crippen LogP contribution in [0.1, 0.15) is 46.6 Å². The number of rotatable bonds is 5. The van der Waals surface area contributed by atoms with E-state index in [1.165, 1.54) is 0 Å². The first-order valence-electron chi connectivity index (χ1n) is 8.99. The van der Waals surface area contributed by atoms with Crippen molar-refractivity contribution in [2.24, 2.45) is 0 Å². The van der Waals surface area contributed by atoms with Crippen LogP contribution in [0.25, 0.3) is 5.65 Å². The van der Waals surface area contributed by atoms with Gasteiger partial charge in [-0.15, -0.1) is 0 Å². The number of carbonyl (C=O) groups is 1. The standard InChI is InChI=1S/C21H22N2O3/c1-3-26-19-9-6-10-23-20(13(2)22-21(19)23)18(25)12-16-15-8-5-4-7-14(15)11-17(16)24/h4-10,16-17,24H,3,11-12H2,1-2H3/t16-,17-/m1/s1. The van der Waals surface area contributed by atoms with Crippen LogP contribution in [0.3, 0.4) is 0 Å². The number of ether oxygens (including phenoxy) is 1. The van der Waals surface area contributed by atoms with Gasteiger partial charge in [0.15, 0.2) is 17.2 Å². The van der Waals surface area contributed by atoms with Gasteiger partial charge in [-0.2, -0.15) is 0 Å². The maximum Gasteiger partial charge on any atom is 0.182 e.